The van der Waals surface area contributed by atoms with Gasteiger partial charge in [0.05, 0.1) is 23.7 Å². The number of rotatable bonds is 7. The number of hydrogen-bond donors (Lipinski definition) is 2. The van der Waals surface area contributed by atoms with Crippen LogP contribution in [0.25, 0.3) is 22.4 Å². The third kappa shape index (κ3) is 3.55. The zero-order valence-electron chi connectivity index (χ0n) is 15.2. The van der Waals surface area contributed by atoms with Crippen LogP contribution in [-0.2, 0) is 6.54 Å². The Bertz CT molecular complexity index is 929. The smallest absolute Gasteiger partial charge is 0.335 e. The number of fused-ring (bicyclic) bond motifs is 1. The number of ether oxygens (including phenoxy) is 1. The number of aromatic carboxylic acids is 1. The van der Waals surface area contributed by atoms with Crippen molar-refractivity contribution >= 4 is 17.0 Å². The molecule has 0 bridgehead atoms. The van der Waals surface area contributed by atoms with Gasteiger partial charge in [-0.25, -0.2) is 9.78 Å². The lowest BCUT2D eigenvalue weighted by Crippen LogP contribution is -2.22. The van der Waals surface area contributed by atoms with Gasteiger partial charge in [-0.15, -0.1) is 0 Å². The number of methoxy groups -OCH3 is 1. The molecule has 0 unspecified atom stereocenters. The number of carboxylic acids is 1. The van der Waals surface area contributed by atoms with Gasteiger partial charge in [-0.3, -0.25) is 4.90 Å². The minimum atomic E-state index is -0.950. The van der Waals surface area contributed by atoms with E-state index >= 15 is 0 Å². The zero-order valence-corrected chi connectivity index (χ0v) is 15.2. The molecule has 26 heavy (non-hydrogen) atoms. The van der Waals surface area contributed by atoms with E-state index in [1.165, 1.54) is 0 Å². The van der Waals surface area contributed by atoms with E-state index in [0.29, 0.717) is 11.3 Å². The summed E-state index contributed by atoms with van der Waals surface area (Å²) in [5, 5.41) is 9.14. The van der Waals surface area contributed by atoms with Gasteiger partial charge in [0.25, 0.3) is 0 Å². The van der Waals surface area contributed by atoms with Crippen LogP contribution < -0.4 is 4.74 Å². The number of benzene rings is 2. The van der Waals surface area contributed by atoms with Crippen molar-refractivity contribution < 1.29 is 14.6 Å². The summed E-state index contributed by atoms with van der Waals surface area (Å²) in [6.45, 7) is 7.00. The Kier molecular flexibility index (Phi) is 5.23. The molecule has 6 heteroatoms. The Labute approximate surface area is 152 Å². The number of carboxylic acid groups (broad SMARTS) is 1. The summed E-state index contributed by atoms with van der Waals surface area (Å²) in [6.07, 6.45) is 0. The summed E-state index contributed by atoms with van der Waals surface area (Å²) in [4.78, 5) is 21.3. The van der Waals surface area contributed by atoms with Gasteiger partial charge in [-0.2, -0.15) is 0 Å². The van der Waals surface area contributed by atoms with Crippen molar-refractivity contribution in [3.05, 3.63) is 47.5 Å². The molecule has 2 N–H and O–H groups in total. The van der Waals surface area contributed by atoms with Crippen molar-refractivity contribution in [3.8, 4) is 17.1 Å². The van der Waals surface area contributed by atoms with Crippen molar-refractivity contribution in [3.63, 3.8) is 0 Å². The molecule has 0 aliphatic rings. The van der Waals surface area contributed by atoms with Crippen molar-refractivity contribution in [2.24, 2.45) is 0 Å². The fraction of sp³-hybridized carbons (Fsp3) is 0.300. The molecule has 6 nitrogen and oxygen atoms in total. The minimum absolute atomic E-state index is 0.240. The van der Waals surface area contributed by atoms with Gasteiger partial charge in [0.2, 0.25) is 0 Å². The molecule has 3 rings (SSSR count). The van der Waals surface area contributed by atoms with Crippen LogP contribution in [0.3, 0.4) is 0 Å². The maximum Gasteiger partial charge on any atom is 0.335 e. The Morgan fingerprint density at radius 1 is 1.19 bits per heavy atom. The van der Waals surface area contributed by atoms with Crippen LogP contribution in [0.4, 0.5) is 0 Å². The third-order valence-electron chi connectivity index (χ3n) is 4.57. The molecule has 0 saturated carbocycles. The molecule has 0 atom stereocenters. The molecule has 1 heterocycles. The molecule has 0 radical (unpaired) electrons. The lowest BCUT2D eigenvalue weighted by molar-refractivity contribution is 0.0697. The quantitative estimate of drug-likeness (QED) is 0.676. The summed E-state index contributed by atoms with van der Waals surface area (Å²) in [6, 6.07) is 10.9. The standard InChI is InChI=1S/C20H23N3O3/c1-4-23(5-2)12-15-10-13(7-9-18(15)26-3)19-21-16-8-6-14(20(24)25)11-17(16)22-19/h6-11H,4-5,12H2,1-3H3,(H,21,22)(H,24,25). The molecule has 0 aliphatic carbocycles. The number of carbonyl (C=O) groups is 1. The third-order valence-corrected chi connectivity index (χ3v) is 4.57. The fourth-order valence-corrected chi connectivity index (χ4v) is 3.02. The van der Waals surface area contributed by atoms with Crippen LogP contribution in [0.1, 0.15) is 29.8 Å². The van der Waals surface area contributed by atoms with Crippen molar-refractivity contribution in [1.29, 1.82) is 0 Å². The number of H-pyrrole nitrogens is 1. The number of nitrogens with one attached hydrogen (secondary N) is 1. The molecular formula is C20H23N3O3. The lowest BCUT2D eigenvalue weighted by atomic mass is 10.1. The highest BCUT2D eigenvalue weighted by Crippen LogP contribution is 2.28. The van der Waals surface area contributed by atoms with Gasteiger partial charge in [-0.05, 0) is 49.5 Å². The zero-order chi connectivity index (χ0) is 18.7. The predicted molar refractivity (Wildman–Crippen MR) is 102 cm³/mol. The lowest BCUT2D eigenvalue weighted by Gasteiger charge is -2.20. The largest absolute Gasteiger partial charge is 0.496 e. The topological polar surface area (TPSA) is 78.5 Å². The van der Waals surface area contributed by atoms with Gasteiger partial charge >= 0.3 is 5.97 Å². The Balaban J connectivity index is 2.00. The van der Waals surface area contributed by atoms with E-state index in [9.17, 15) is 4.79 Å². The first-order valence-electron chi connectivity index (χ1n) is 8.68. The van der Waals surface area contributed by atoms with E-state index in [0.717, 1.165) is 42.0 Å². The molecule has 0 fully saturated rings. The first-order chi connectivity index (χ1) is 12.5. The monoisotopic (exact) mass is 353 g/mol. The van der Waals surface area contributed by atoms with Gasteiger partial charge in [0.1, 0.15) is 11.6 Å². The highest BCUT2D eigenvalue weighted by atomic mass is 16.5. The van der Waals surface area contributed by atoms with Crippen LogP contribution in [0.5, 0.6) is 5.75 Å². The van der Waals surface area contributed by atoms with Crippen molar-refractivity contribution in [1.82, 2.24) is 14.9 Å². The molecule has 136 valence electrons. The number of hydrogen-bond acceptors (Lipinski definition) is 4. The average molecular weight is 353 g/mol. The number of aromatic nitrogens is 2. The second-order valence-electron chi connectivity index (χ2n) is 6.11. The molecular weight excluding hydrogens is 330 g/mol. The summed E-state index contributed by atoms with van der Waals surface area (Å²) in [5.41, 5.74) is 3.73. The van der Waals surface area contributed by atoms with Gasteiger partial charge in [-0.1, -0.05) is 13.8 Å². The molecule has 2 aromatic carbocycles. The van der Waals surface area contributed by atoms with E-state index in [-0.39, 0.29) is 5.56 Å². The SMILES string of the molecule is CCN(CC)Cc1cc(-c2nc3ccc(C(=O)O)cc3[nH]2)ccc1OC. The van der Waals surface area contributed by atoms with E-state index in [4.69, 9.17) is 9.84 Å². The fourth-order valence-electron chi connectivity index (χ4n) is 3.02. The molecule has 0 saturated heterocycles. The van der Waals surface area contributed by atoms with E-state index in [2.05, 4.69) is 34.8 Å². The van der Waals surface area contributed by atoms with Crippen molar-refractivity contribution in [2.45, 2.75) is 20.4 Å². The normalized spacial score (nSPS) is 11.2. The average Bonchev–Trinajstić information content (AvgIpc) is 3.09. The Morgan fingerprint density at radius 2 is 1.96 bits per heavy atom. The second-order valence-corrected chi connectivity index (χ2v) is 6.11. The summed E-state index contributed by atoms with van der Waals surface area (Å²) in [5.74, 6) is 0.616. The van der Waals surface area contributed by atoms with E-state index in [1.807, 2.05) is 12.1 Å². The van der Waals surface area contributed by atoms with Gasteiger partial charge in [0.15, 0.2) is 0 Å². The molecule has 3 aromatic rings. The van der Waals surface area contributed by atoms with Crippen LogP contribution in [0.2, 0.25) is 0 Å². The Hall–Kier alpha value is -2.86. The van der Waals surface area contributed by atoms with Crippen LogP contribution in [-0.4, -0.2) is 46.1 Å². The number of nitrogens with zero attached hydrogens (tertiary/aromatic N) is 2. The van der Waals surface area contributed by atoms with Crippen LogP contribution in [0.15, 0.2) is 36.4 Å². The summed E-state index contributed by atoms with van der Waals surface area (Å²) < 4.78 is 5.50. The minimum Gasteiger partial charge on any atom is -0.496 e. The summed E-state index contributed by atoms with van der Waals surface area (Å²) in [7, 11) is 1.68. The maximum atomic E-state index is 11.1. The molecule has 0 spiro atoms. The predicted octanol–water partition coefficient (Wildman–Crippen LogP) is 3.78. The maximum absolute atomic E-state index is 11.1. The molecule has 0 aliphatic heterocycles. The number of aromatic amines is 1. The molecule has 1 aromatic heterocycles. The molecule has 0 amide bonds. The highest BCUT2D eigenvalue weighted by Gasteiger charge is 2.13. The van der Waals surface area contributed by atoms with Gasteiger partial charge in [0, 0.05) is 17.7 Å². The number of imidazole rings is 1. The second kappa shape index (κ2) is 7.58. The Morgan fingerprint density at radius 3 is 2.62 bits per heavy atom. The van der Waals surface area contributed by atoms with E-state index < -0.39 is 5.97 Å². The van der Waals surface area contributed by atoms with Crippen molar-refractivity contribution in [2.75, 3.05) is 20.2 Å². The van der Waals surface area contributed by atoms with E-state index in [1.54, 1.807) is 25.3 Å². The first-order valence-corrected chi connectivity index (χ1v) is 8.68. The van der Waals surface area contributed by atoms with Crippen LogP contribution in [0, 0.1) is 0 Å². The highest BCUT2D eigenvalue weighted by molar-refractivity contribution is 5.93. The summed E-state index contributed by atoms with van der Waals surface area (Å²) >= 11 is 0. The van der Waals surface area contributed by atoms with Gasteiger partial charge < -0.3 is 14.8 Å². The van der Waals surface area contributed by atoms with Crippen LogP contribution >= 0.6 is 0 Å². The first kappa shape index (κ1) is 17.9.